The van der Waals surface area contributed by atoms with Gasteiger partial charge in [-0.1, -0.05) is 25.8 Å². The van der Waals surface area contributed by atoms with E-state index in [9.17, 15) is 18.0 Å². The first kappa shape index (κ1) is 15.7. The molecule has 0 aromatic carbocycles. The summed E-state index contributed by atoms with van der Waals surface area (Å²) in [6.07, 6.45) is -3.01. The van der Waals surface area contributed by atoms with Crippen LogP contribution in [-0.4, -0.2) is 23.0 Å². The third-order valence-corrected chi connectivity index (χ3v) is 1.65. The van der Waals surface area contributed by atoms with Crippen LogP contribution in [0, 0.1) is 0 Å². The van der Waals surface area contributed by atoms with Gasteiger partial charge in [0.25, 0.3) is 0 Å². The molecule has 0 aliphatic carbocycles. The van der Waals surface area contributed by atoms with Crippen molar-refractivity contribution >= 4 is 11.7 Å². The second-order valence-corrected chi connectivity index (χ2v) is 3.13. The third kappa shape index (κ3) is 5.15. The molecule has 7 heteroatoms. The van der Waals surface area contributed by atoms with Crippen LogP contribution in [0.4, 0.5) is 13.2 Å². The molecule has 0 aromatic rings. The molecule has 4 nitrogen and oxygen atoms in total. The Bertz CT molecular complexity index is 459. The number of hydrogen-bond acceptors (Lipinski definition) is 2. The first-order valence-electron chi connectivity index (χ1n) is 4.45. The zero-order valence-electron chi connectivity index (χ0n) is 9.29. The van der Waals surface area contributed by atoms with Gasteiger partial charge in [0.15, 0.2) is 5.76 Å². The molecule has 0 aromatic heterocycles. The molecule has 0 atom stereocenters. The summed E-state index contributed by atoms with van der Waals surface area (Å²) in [5, 5.41) is 8.66. The molecule has 0 fully saturated rings. The van der Waals surface area contributed by atoms with Gasteiger partial charge in [0, 0.05) is 11.1 Å². The number of alkyl halides is 3. The average molecular weight is 260 g/mol. The molecule has 0 unspecified atom stereocenters. The van der Waals surface area contributed by atoms with Gasteiger partial charge in [0.05, 0.1) is 0 Å². The number of aliphatic hydroxyl groups is 1. The van der Waals surface area contributed by atoms with Crippen LogP contribution in [0.15, 0.2) is 53.8 Å². The van der Waals surface area contributed by atoms with Crippen LogP contribution in [0.3, 0.4) is 0 Å². The molecular formula is C11H11F3N2O2. The van der Waals surface area contributed by atoms with Gasteiger partial charge in [0.1, 0.15) is 5.84 Å². The average Bonchev–Trinajstić information content (AvgIpc) is 2.23. The van der Waals surface area contributed by atoms with E-state index in [0.717, 1.165) is 6.08 Å². The number of aliphatic imine (C=N–C) groups is 1. The van der Waals surface area contributed by atoms with Crippen LogP contribution in [0.1, 0.15) is 0 Å². The molecule has 0 spiro atoms. The van der Waals surface area contributed by atoms with E-state index >= 15 is 0 Å². The Balaban J connectivity index is 4.80. The zero-order valence-corrected chi connectivity index (χ0v) is 9.29. The SMILES string of the molecule is C=C(O)C(=O)N=C(N)C(=C)/C=C\C(=C)C(F)(F)F. The quantitative estimate of drug-likeness (QED) is 0.267. The van der Waals surface area contributed by atoms with Gasteiger partial charge in [-0.15, -0.1) is 0 Å². The Morgan fingerprint density at radius 2 is 1.72 bits per heavy atom. The van der Waals surface area contributed by atoms with E-state index in [1.54, 1.807) is 0 Å². The second-order valence-electron chi connectivity index (χ2n) is 3.13. The van der Waals surface area contributed by atoms with Crippen molar-refractivity contribution < 1.29 is 23.1 Å². The summed E-state index contributed by atoms with van der Waals surface area (Å²) in [6, 6.07) is 0. The Morgan fingerprint density at radius 1 is 1.22 bits per heavy atom. The number of carbonyl (C=O) groups is 1. The summed E-state index contributed by atoms with van der Waals surface area (Å²) in [5.74, 6) is -2.37. The number of nitrogens with zero attached hydrogens (tertiary/aromatic N) is 1. The molecule has 1 amide bonds. The minimum atomic E-state index is -4.56. The van der Waals surface area contributed by atoms with E-state index in [4.69, 9.17) is 10.8 Å². The highest BCUT2D eigenvalue weighted by atomic mass is 19.4. The molecule has 0 saturated heterocycles. The molecule has 0 saturated carbocycles. The lowest BCUT2D eigenvalue weighted by atomic mass is 10.2. The number of rotatable bonds is 4. The van der Waals surface area contributed by atoms with Crippen LogP contribution >= 0.6 is 0 Å². The summed E-state index contributed by atoms with van der Waals surface area (Å²) < 4.78 is 36.2. The van der Waals surface area contributed by atoms with Gasteiger partial charge in [-0.3, -0.25) is 4.79 Å². The van der Waals surface area contributed by atoms with Crippen LogP contribution in [0.2, 0.25) is 0 Å². The van der Waals surface area contributed by atoms with Crippen molar-refractivity contribution in [2.24, 2.45) is 10.7 Å². The van der Waals surface area contributed by atoms with Crippen molar-refractivity contribution in [3.63, 3.8) is 0 Å². The smallest absolute Gasteiger partial charge is 0.415 e. The summed E-state index contributed by atoms with van der Waals surface area (Å²) >= 11 is 0. The molecule has 0 bridgehead atoms. The van der Waals surface area contributed by atoms with E-state index in [1.165, 1.54) is 0 Å². The highest BCUT2D eigenvalue weighted by molar-refractivity contribution is 6.08. The number of halogens is 3. The third-order valence-electron chi connectivity index (χ3n) is 1.65. The van der Waals surface area contributed by atoms with Gasteiger partial charge in [-0.2, -0.15) is 18.2 Å². The molecule has 0 rings (SSSR count). The van der Waals surface area contributed by atoms with Gasteiger partial charge >= 0.3 is 12.1 Å². The minimum Gasteiger partial charge on any atom is -0.503 e. The number of nitrogens with two attached hydrogens (primary N) is 1. The van der Waals surface area contributed by atoms with Crippen molar-refractivity contribution in [3.8, 4) is 0 Å². The maximum Gasteiger partial charge on any atom is 0.415 e. The Hall–Kier alpha value is -2.31. The van der Waals surface area contributed by atoms with Gasteiger partial charge in [-0.25, -0.2) is 0 Å². The van der Waals surface area contributed by atoms with Gasteiger partial charge in [0.2, 0.25) is 0 Å². The molecule has 0 heterocycles. The predicted octanol–water partition coefficient (Wildman–Crippen LogP) is 2.17. The van der Waals surface area contributed by atoms with E-state index in [0.29, 0.717) is 6.08 Å². The van der Waals surface area contributed by atoms with Crippen molar-refractivity contribution in [1.29, 1.82) is 0 Å². The summed E-state index contributed by atoms with van der Waals surface area (Å²) in [6.45, 7) is 9.00. The van der Waals surface area contributed by atoms with Crippen LogP contribution < -0.4 is 5.73 Å². The monoisotopic (exact) mass is 260 g/mol. The molecule has 0 radical (unpaired) electrons. The van der Waals surface area contributed by atoms with Crippen LogP contribution in [-0.2, 0) is 4.79 Å². The maximum absolute atomic E-state index is 12.1. The molecule has 0 aliphatic heterocycles. The lowest BCUT2D eigenvalue weighted by Crippen LogP contribution is -2.16. The van der Waals surface area contributed by atoms with Gasteiger partial charge in [-0.05, 0) is 6.08 Å². The fourth-order valence-electron chi connectivity index (χ4n) is 0.627. The number of carbonyl (C=O) groups excluding carboxylic acids is 1. The molecule has 98 valence electrons. The summed E-state index contributed by atoms with van der Waals surface area (Å²) in [4.78, 5) is 14.0. The number of amides is 1. The fourth-order valence-corrected chi connectivity index (χ4v) is 0.627. The number of allylic oxidation sites excluding steroid dienone is 2. The predicted molar refractivity (Wildman–Crippen MR) is 61.9 cm³/mol. The van der Waals surface area contributed by atoms with Gasteiger partial charge < -0.3 is 10.8 Å². The van der Waals surface area contributed by atoms with E-state index < -0.39 is 29.3 Å². The number of aliphatic hydroxyl groups excluding tert-OH is 1. The van der Waals surface area contributed by atoms with Crippen molar-refractivity contribution in [3.05, 3.63) is 48.8 Å². The topological polar surface area (TPSA) is 75.7 Å². The Labute approximate surface area is 101 Å². The maximum atomic E-state index is 12.1. The highest BCUT2D eigenvalue weighted by Gasteiger charge is 2.29. The summed E-state index contributed by atoms with van der Waals surface area (Å²) in [5.41, 5.74) is 4.03. The standard InChI is InChI=1S/C11H11F3N2O2/c1-6(4-5-7(2)11(12,13)14)9(15)16-10(18)8(3)17/h4-5,17H,1-3H2,(H2,15,16,18)/b5-4-. The Kier molecular flexibility index (Phi) is 5.10. The molecule has 3 N–H and O–H groups in total. The normalized spacial score (nSPS) is 12.5. The summed E-state index contributed by atoms with van der Waals surface area (Å²) in [7, 11) is 0. The van der Waals surface area contributed by atoms with E-state index in [2.05, 4.69) is 24.7 Å². The first-order valence-corrected chi connectivity index (χ1v) is 4.45. The lowest BCUT2D eigenvalue weighted by Gasteiger charge is -2.05. The zero-order chi connectivity index (χ0) is 14.5. The lowest BCUT2D eigenvalue weighted by molar-refractivity contribution is -0.116. The largest absolute Gasteiger partial charge is 0.503 e. The molecule has 0 aliphatic rings. The Morgan fingerprint density at radius 3 is 2.11 bits per heavy atom. The highest BCUT2D eigenvalue weighted by Crippen LogP contribution is 2.24. The molecule has 18 heavy (non-hydrogen) atoms. The minimum absolute atomic E-state index is 0.130. The van der Waals surface area contributed by atoms with Crippen molar-refractivity contribution in [1.82, 2.24) is 0 Å². The van der Waals surface area contributed by atoms with Crippen LogP contribution in [0.25, 0.3) is 0 Å². The first-order chi connectivity index (χ1) is 8.05. The van der Waals surface area contributed by atoms with Crippen LogP contribution in [0.5, 0.6) is 0 Å². The number of hydrogen-bond donors (Lipinski definition) is 2. The van der Waals surface area contributed by atoms with Crippen molar-refractivity contribution in [2.45, 2.75) is 6.18 Å². The van der Waals surface area contributed by atoms with Crippen molar-refractivity contribution in [2.75, 3.05) is 0 Å². The molecular weight excluding hydrogens is 249 g/mol. The van der Waals surface area contributed by atoms with E-state index in [1.807, 2.05) is 0 Å². The fraction of sp³-hybridized carbons (Fsp3) is 0.0909. The van der Waals surface area contributed by atoms with E-state index in [-0.39, 0.29) is 5.57 Å². The second kappa shape index (κ2) is 5.85. The number of amidine groups is 1.